The molecular formula is C23H30ClFN4O2. The van der Waals surface area contributed by atoms with Crippen molar-refractivity contribution in [3.8, 4) is 11.6 Å². The molecule has 1 aliphatic heterocycles. The third kappa shape index (κ3) is 6.29. The second-order valence-corrected chi connectivity index (χ2v) is 8.21. The summed E-state index contributed by atoms with van der Waals surface area (Å²) in [4.78, 5) is 25.6. The van der Waals surface area contributed by atoms with Crippen molar-refractivity contribution in [1.82, 2.24) is 14.9 Å². The number of unbranched alkanes of at least 4 members (excludes halogenated alkanes) is 1. The molecule has 0 aliphatic carbocycles. The number of nitrogens with zero attached hydrogens (tertiary/aromatic N) is 4. The van der Waals surface area contributed by atoms with Crippen LogP contribution in [0.15, 0.2) is 30.6 Å². The number of hydrogen-bond donors (Lipinski definition) is 0. The van der Waals surface area contributed by atoms with E-state index in [1.807, 2.05) is 4.90 Å². The summed E-state index contributed by atoms with van der Waals surface area (Å²) in [6.45, 7) is 7.20. The van der Waals surface area contributed by atoms with E-state index in [1.54, 1.807) is 6.07 Å². The fourth-order valence-electron chi connectivity index (χ4n) is 3.80. The van der Waals surface area contributed by atoms with Gasteiger partial charge < -0.3 is 14.5 Å². The summed E-state index contributed by atoms with van der Waals surface area (Å²) in [6, 6.07) is 5.92. The number of carbonyl (C=O) groups is 1. The van der Waals surface area contributed by atoms with Crippen molar-refractivity contribution in [2.45, 2.75) is 46.0 Å². The minimum atomic E-state index is -0.499. The lowest BCUT2D eigenvalue weighted by Crippen LogP contribution is -2.39. The van der Waals surface area contributed by atoms with Gasteiger partial charge >= 0.3 is 0 Å². The number of amides is 1. The third-order valence-electron chi connectivity index (χ3n) is 5.62. The quantitative estimate of drug-likeness (QED) is 0.547. The molecule has 1 aromatic carbocycles. The number of anilines is 1. The Hall–Kier alpha value is -2.41. The van der Waals surface area contributed by atoms with Crippen LogP contribution in [0.3, 0.4) is 0 Å². The van der Waals surface area contributed by atoms with E-state index in [1.165, 1.54) is 24.5 Å². The van der Waals surface area contributed by atoms with Gasteiger partial charge in [-0.1, -0.05) is 38.3 Å². The number of hydrogen-bond acceptors (Lipinski definition) is 5. The van der Waals surface area contributed by atoms with E-state index < -0.39 is 5.82 Å². The second kappa shape index (κ2) is 11.3. The van der Waals surface area contributed by atoms with Crippen molar-refractivity contribution in [2.24, 2.45) is 5.92 Å². The van der Waals surface area contributed by atoms with Crippen LogP contribution in [0.2, 0.25) is 5.02 Å². The first kappa shape index (κ1) is 23.3. The molecule has 0 radical (unpaired) electrons. The molecule has 0 unspecified atom stereocenters. The zero-order chi connectivity index (χ0) is 22.2. The fraction of sp³-hybridized carbons (Fsp3) is 0.522. The summed E-state index contributed by atoms with van der Waals surface area (Å²) >= 11 is 5.82. The Labute approximate surface area is 188 Å². The van der Waals surface area contributed by atoms with E-state index in [0.717, 1.165) is 51.0 Å². The number of carbonyl (C=O) groups excluding carboxylic acids is 1. The second-order valence-electron chi connectivity index (χ2n) is 7.81. The van der Waals surface area contributed by atoms with E-state index in [0.29, 0.717) is 24.7 Å². The standard InChI is InChI=1S/C23H30ClFN4O2/c1-3-5-7-17(4-2)23(30)29-11-6-10-28(12-13-29)21-15-22(27-16-26-21)31-18-8-9-20(25)19(24)14-18/h8-9,14-17H,3-7,10-13H2,1-2H3/t17-/m1/s1. The normalized spacial score (nSPS) is 15.5. The molecule has 1 amide bonds. The molecule has 6 nitrogen and oxygen atoms in total. The number of ether oxygens (including phenoxy) is 1. The highest BCUT2D eigenvalue weighted by molar-refractivity contribution is 6.30. The Kier molecular flexibility index (Phi) is 8.46. The molecule has 0 spiro atoms. The highest BCUT2D eigenvalue weighted by atomic mass is 35.5. The van der Waals surface area contributed by atoms with Gasteiger partial charge in [0.1, 0.15) is 23.7 Å². The van der Waals surface area contributed by atoms with Gasteiger partial charge in [0.05, 0.1) is 5.02 Å². The lowest BCUT2D eigenvalue weighted by Gasteiger charge is -2.26. The molecule has 1 aromatic heterocycles. The van der Waals surface area contributed by atoms with Crippen molar-refractivity contribution in [3.63, 3.8) is 0 Å². The summed E-state index contributed by atoms with van der Waals surface area (Å²) < 4.78 is 19.1. The average molecular weight is 449 g/mol. The Morgan fingerprint density at radius 2 is 2.03 bits per heavy atom. The van der Waals surface area contributed by atoms with Gasteiger partial charge in [-0.3, -0.25) is 4.79 Å². The molecular weight excluding hydrogens is 419 g/mol. The molecule has 0 N–H and O–H groups in total. The molecule has 1 saturated heterocycles. The van der Waals surface area contributed by atoms with Gasteiger partial charge in [-0.15, -0.1) is 0 Å². The smallest absolute Gasteiger partial charge is 0.225 e. The van der Waals surface area contributed by atoms with Crippen molar-refractivity contribution in [1.29, 1.82) is 0 Å². The van der Waals surface area contributed by atoms with Crippen LogP contribution in [-0.4, -0.2) is 47.0 Å². The van der Waals surface area contributed by atoms with Gasteiger partial charge in [0.2, 0.25) is 11.8 Å². The summed E-state index contributed by atoms with van der Waals surface area (Å²) in [5.41, 5.74) is 0. The van der Waals surface area contributed by atoms with Crippen LogP contribution in [-0.2, 0) is 4.79 Å². The predicted octanol–water partition coefficient (Wildman–Crippen LogP) is 5.32. The Morgan fingerprint density at radius 3 is 2.77 bits per heavy atom. The number of benzene rings is 1. The minimum Gasteiger partial charge on any atom is -0.439 e. The van der Waals surface area contributed by atoms with Crippen LogP contribution < -0.4 is 9.64 Å². The van der Waals surface area contributed by atoms with Gasteiger partial charge in [-0.2, -0.15) is 0 Å². The molecule has 0 bridgehead atoms. The molecule has 168 valence electrons. The van der Waals surface area contributed by atoms with Crippen LogP contribution >= 0.6 is 11.6 Å². The molecule has 2 heterocycles. The lowest BCUT2D eigenvalue weighted by atomic mass is 9.97. The van der Waals surface area contributed by atoms with E-state index in [4.69, 9.17) is 16.3 Å². The van der Waals surface area contributed by atoms with Gasteiger partial charge in [0.15, 0.2) is 0 Å². The molecule has 1 atom stereocenters. The molecule has 8 heteroatoms. The first-order valence-corrected chi connectivity index (χ1v) is 11.4. The highest BCUT2D eigenvalue weighted by Crippen LogP contribution is 2.27. The van der Waals surface area contributed by atoms with E-state index in [9.17, 15) is 9.18 Å². The molecule has 1 fully saturated rings. The average Bonchev–Trinajstić information content (AvgIpc) is 3.03. The molecule has 3 rings (SSSR count). The number of halogens is 2. The SMILES string of the molecule is CCCC[C@@H](CC)C(=O)N1CCCN(c2cc(Oc3ccc(F)c(Cl)c3)ncn2)CC1. The fourth-order valence-corrected chi connectivity index (χ4v) is 3.97. The van der Waals surface area contributed by atoms with Gasteiger partial charge in [-0.25, -0.2) is 14.4 Å². The monoisotopic (exact) mass is 448 g/mol. The summed E-state index contributed by atoms with van der Waals surface area (Å²) in [7, 11) is 0. The van der Waals surface area contributed by atoms with Crippen molar-refractivity contribution in [2.75, 3.05) is 31.1 Å². The van der Waals surface area contributed by atoms with Gasteiger partial charge in [0.25, 0.3) is 0 Å². The zero-order valence-electron chi connectivity index (χ0n) is 18.2. The van der Waals surface area contributed by atoms with Gasteiger partial charge in [-0.05, 0) is 31.4 Å². The Balaban J connectivity index is 1.64. The van der Waals surface area contributed by atoms with E-state index in [2.05, 4.69) is 28.7 Å². The van der Waals surface area contributed by atoms with Crippen molar-refractivity contribution >= 4 is 23.3 Å². The Bertz CT molecular complexity index is 882. The van der Waals surface area contributed by atoms with Crippen molar-refractivity contribution in [3.05, 3.63) is 41.4 Å². The largest absolute Gasteiger partial charge is 0.439 e. The van der Waals surface area contributed by atoms with Crippen LogP contribution in [0.25, 0.3) is 0 Å². The third-order valence-corrected chi connectivity index (χ3v) is 5.91. The zero-order valence-corrected chi connectivity index (χ0v) is 18.9. The number of rotatable bonds is 8. The van der Waals surface area contributed by atoms with Crippen LogP contribution in [0.4, 0.5) is 10.2 Å². The number of aromatic nitrogens is 2. The van der Waals surface area contributed by atoms with Crippen LogP contribution in [0.5, 0.6) is 11.6 Å². The van der Waals surface area contributed by atoms with Crippen LogP contribution in [0.1, 0.15) is 46.0 Å². The summed E-state index contributed by atoms with van der Waals surface area (Å²) in [5.74, 6) is 1.40. The Morgan fingerprint density at radius 1 is 1.19 bits per heavy atom. The minimum absolute atomic E-state index is 0.00613. The van der Waals surface area contributed by atoms with Crippen LogP contribution in [0, 0.1) is 11.7 Å². The highest BCUT2D eigenvalue weighted by Gasteiger charge is 2.25. The summed E-state index contributed by atoms with van der Waals surface area (Å²) in [5, 5.41) is -0.00613. The first-order chi connectivity index (χ1) is 15.0. The molecule has 1 aliphatic rings. The predicted molar refractivity (Wildman–Crippen MR) is 120 cm³/mol. The maximum absolute atomic E-state index is 13.4. The van der Waals surface area contributed by atoms with E-state index >= 15 is 0 Å². The molecule has 31 heavy (non-hydrogen) atoms. The summed E-state index contributed by atoms with van der Waals surface area (Å²) in [6.07, 6.45) is 6.38. The maximum atomic E-state index is 13.4. The lowest BCUT2D eigenvalue weighted by molar-refractivity contribution is -0.135. The topological polar surface area (TPSA) is 58.6 Å². The molecule has 0 saturated carbocycles. The maximum Gasteiger partial charge on any atom is 0.225 e. The van der Waals surface area contributed by atoms with Gasteiger partial charge in [0, 0.05) is 44.2 Å². The van der Waals surface area contributed by atoms with E-state index in [-0.39, 0.29) is 16.8 Å². The first-order valence-electron chi connectivity index (χ1n) is 11.0. The molecule has 2 aromatic rings. The van der Waals surface area contributed by atoms with Crippen molar-refractivity contribution < 1.29 is 13.9 Å².